The van der Waals surface area contributed by atoms with Gasteiger partial charge in [-0.1, -0.05) is 11.6 Å². The number of methoxy groups -OCH3 is 1. The van der Waals surface area contributed by atoms with E-state index < -0.39 is 0 Å². The van der Waals surface area contributed by atoms with Crippen molar-refractivity contribution >= 4 is 17.4 Å². The molecule has 0 N–H and O–H groups in total. The van der Waals surface area contributed by atoms with Crippen LogP contribution in [-0.4, -0.2) is 17.9 Å². The monoisotopic (exact) mass is 291 g/mol. The average Bonchev–Trinajstić information content (AvgIpc) is 2.46. The summed E-state index contributed by atoms with van der Waals surface area (Å²) in [6, 6.07) is 6.86. The molecule has 1 aromatic heterocycles. The highest BCUT2D eigenvalue weighted by molar-refractivity contribution is 6.31. The van der Waals surface area contributed by atoms with Crippen LogP contribution < -0.4 is 9.47 Å². The molecule has 0 bridgehead atoms. The number of halogens is 1. The van der Waals surface area contributed by atoms with Gasteiger partial charge < -0.3 is 9.47 Å². The van der Waals surface area contributed by atoms with Crippen LogP contribution in [0, 0.1) is 0 Å². The van der Waals surface area contributed by atoms with Crippen molar-refractivity contribution in [2.75, 3.05) is 7.11 Å². The Bertz CT molecular complexity index is 628. The van der Waals surface area contributed by atoms with Crippen molar-refractivity contribution in [1.82, 2.24) is 4.98 Å². The zero-order valence-electron chi connectivity index (χ0n) is 11.2. The molecule has 4 nitrogen and oxygen atoms in total. The number of Topliss-reactive ketones (excluding diaryl/α,β-unsaturated/α-hetero) is 1. The summed E-state index contributed by atoms with van der Waals surface area (Å²) in [5.74, 6) is 1.06. The number of nitrogens with zero attached hydrogens (tertiary/aromatic N) is 1. The Morgan fingerprint density at radius 3 is 2.75 bits per heavy atom. The van der Waals surface area contributed by atoms with E-state index in [-0.39, 0.29) is 5.78 Å². The number of benzene rings is 1. The van der Waals surface area contributed by atoms with Crippen LogP contribution in [0.1, 0.15) is 22.8 Å². The first-order valence-corrected chi connectivity index (χ1v) is 6.39. The molecule has 5 heteroatoms. The second-order valence-electron chi connectivity index (χ2n) is 4.18. The SMILES string of the molecule is COc1cc(C(C)=O)ccc1OCc1ccncc1Cl. The highest BCUT2D eigenvalue weighted by Crippen LogP contribution is 2.29. The molecule has 0 amide bonds. The van der Waals surface area contributed by atoms with Crippen molar-refractivity contribution in [3.8, 4) is 11.5 Å². The molecule has 0 saturated carbocycles. The quantitative estimate of drug-likeness (QED) is 0.791. The zero-order chi connectivity index (χ0) is 14.5. The first-order valence-electron chi connectivity index (χ1n) is 6.02. The summed E-state index contributed by atoms with van der Waals surface area (Å²) >= 11 is 6.01. The lowest BCUT2D eigenvalue weighted by molar-refractivity contribution is 0.101. The standard InChI is InChI=1S/C15H14ClNO3/c1-10(18)11-3-4-14(15(7-11)19-2)20-9-12-5-6-17-8-13(12)16/h3-8H,9H2,1-2H3. The van der Waals surface area contributed by atoms with E-state index >= 15 is 0 Å². The maximum Gasteiger partial charge on any atom is 0.161 e. The maximum atomic E-state index is 11.3. The van der Waals surface area contributed by atoms with Gasteiger partial charge in [-0.3, -0.25) is 9.78 Å². The van der Waals surface area contributed by atoms with Gasteiger partial charge in [0.2, 0.25) is 0 Å². The van der Waals surface area contributed by atoms with Gasteiger partial charge >= 0.3 is 0 Å². The topological polar surface area (TPSA) is 48.4 Å². The number of carbonyl (C=O) groups is 1. The smallest absolute Gasteiger partial charge is 0.161 e. The fraction of sp³-hybridized carbons (Fsp3) is 0.200. The minimum Gasteiger partial charge on any atom is -0.493 e. The predicted octanol–water partition coefficient (Wildman–Crippen LogP) is 3.53. The third-order valence-corrected chi connectivity index (χ3v) is 3.15. The molecule has 2 rings (SSSR count). The predicted molar refractivity (Wildman–Crippen MR) is 76.6 cm³/mol. The van der Waals surface area contributed by atoms with Crippen molar-refractivity contribution in [3.05, 3.63) is 52.8 Å². The summed E-state index contributed by atoms with van der Waals surface area (Å²) in [4.78, 5) is 15.2. The minimum absolute atomic E-state index is 0.0213. The van der Waals surface area contributed by atoms with Crippen LogP contribution in [0.2, 0.25) is 5.02 Å². The molecule has 0 aliphatic rings. The van der Waals surface area contributed by atoms with Gasteiger partial charge in [0, 0.05) is 23.5 Å². The van der Waals surface area contributed by atoms with Crippen LogP contribution in [0.3, 0.4) is 0 Å². The first kappa shape index (κ1) is 14.3. The molecule has 0 spiro atoms. The number of rotatable bonds is 5. The lowest BCUT2D eigenvalue weighted by Gasteiger charge is -2.12. The first-order chi connectivity index (χ1) is 9.61. The molecule has 1 aromatic carbocycles. The van der Waals surface area contributed by atoms with Gasteiger partial charge in [-0.15, -0.1) is 0 Å². The summed E-state index contributed by atoms with van der Waals surface area (Å²) in [6.07, 6.45) is 3.22. The van der Waals surface area contributed by atoms with Crippen molar-refractivity contribution < 1.29 is 14.3 Å². The number of pyridine rings is 1. The van der Waals surface area contributed by atoms with E-state index in [2.05, 4.69) is 4.98 Å². The minimum atomic E-state index is -0.0213. The van der Waals surface area contributed by atoms with E-state index in [1.54, 1.807) is 36.7 Å². The number of hydrogen-bond donors (Lipinski definition) is 0. The lowest BCUT2D eigenvalue weighted by Crippen LogP contribution is -2.00. The summed E-state index contributed by atoms with van der Waals surface area (Å²) in [6.45, 7) is 1.81. The second-order valence-corrected chi connectivity index (χ2v) is 4.58. The summed E-state index contributed by atoms with van der Waals surface area (Å²) in [5.41, 5.74) is 1.41. The van der Waals surface area contributed by atoms with Gasteiger partial charge in [-0.05, 0) is 31.2 Å². The number of ketones is 1. The van der Waals surface area contributed by atoms with Crippen LogP contribution in [-0.2, 0) is 6.61 Å². The van der Waals surface area contributed by atoms with Gasteiger partial charge in [0.05, 0.1) is 12.1 Å². The van der Waals surface area contributed by atoms with Gasteiger partial charge in [0.25, 0.3) is 0 Å². The Morgan fingerprint density at radius 1 is 1.30 bits per heavy atom. The van der Waals surface area contributed by atoms with Crippen molar-refractivity contribution in [1.29, 1.82) is 0 Å². The third-order valence-electron chi connectivity index (χ3n) is 2.81. The van der Waals surface area contributed by atoms with Gasteiger partial charge in [-0.2, -0.15) is 0 Å². The van der Waals surface area contributed by atoms with Gasteiger partial charge in [-0.25, -0.2) is 0 Å². The van der Waals surface area contributed by atoms with E-state index in [1.807, 2.05) is 0 Å². The Morgan fingerprint density at radius 2 is 2.10 bits per heavy atom. The molecule has 104 valence electrons. The summed E-state index contributed by atoms with van der Waals surface area (Å²) in [7, 11) is 1.53. The lowest BCUT2D eigenvalue weighted by atomic mass is 10.1. The Kier molecular flexibility index (Phi) is 4.58. The average molecular weight is 292 g/mol. The molecule has 0 atom stereocenters. The number of ether oxygens (including phenoxy) is 2. The zero-order valence-corrected chi connectivity index (χ0v) is 12.0. The molecule has 0 saturated heterocycles. The molecule has 0 fully saturated rings. The highest BCUT2D eigenvalue weighted by atomic mass is 35.5. The highest BCUT2D eigenvalue weighted by Gasteiger charge is 2.09. The Labute approximate surface area is 122 Å². The molecule has 0 aliphatic heterocycles. The largest absolute Gasteiger partial charge is 0.493 e. The second kappa shape index (κ2) is 6.39. The molecule has 2 aromatic rings. The van der Waals surface area contributed by atoms with Crippen molar-refractivity contribution in [2.24, 2.45) is 0 Å². The maximum absolute atomic E-state index is 11.3. The summed E-state index contributed by atoms with van der Waals surface area (Å²) < 4.78 is 10.9. The normalized spacial score (nSPS) is 10.2. The molecule has 0 unspecified atom stereocenters. The molecule has 0 radical (unpaired) electrons. The van der Waals surface area contributed by atoms with Crippen molar-refractivity contribution in [2.45, 2.75) is 13.5 Å². The van der Waals surface area contributed by atoms with Crippen LogP contribution in [0.25, 0.3) is 0 Å². The van der Waals surface area contributed by atoms with Gasteiger partial charge in [0.15, 0.2) is 17.3 Å². The number of hydrogen-bond acceptors (Lipinski definition) is 4. The van der Waals surface area contributed by atoms with Crippen molar-refractivity contribution in [3.63, 3.8) is 0 Å². The summed E-state index contributed by atoms with van der Waals surface area (Å²) in [5, 5.41) is 0.548. The fourth-order valence-corrected chi connectivity index (χ4v) is 1.86. The molecule has 1 heterocycles. The third kappa shape index (κ3) is 3.27. The molecule has 0 aliphatic carbocycles. The van der Waals surface area contributed by atoms with Crippen LogP contribution in [0.15, 0.2) is 36.7 Å². The molecular formula is C15H14ClNO3. The van der Waals surface area contributed by atoms with Crippen LogP contribution in [0.5, 0.6) is 11.5 Å². The number of carbonyl (C=O) groups excluding carboxylic acids is 1. The number of aromatic nitrogens is 1. The van der Waals surface area contributed by atoms with E-state index in [0.717, 1.165) is 5.56 Å². The Balaban J connectivity index is 2.17. The van der Waals surface area contributed by atoms with Gasteiger partial charge in [0.1, 0.15) is 6.61 Å². The van der Waals surface area contributed by atoms with E-state index in [0.29, 0.717) is 28.7 Å². The van der Waals surface area contributed by atoms with E-state index in [4.69, 9.17) is 21.1 Å². The van der Waals surface area contributed by atoms with E-state index in [1.165, 1.54) is 14.0 Å². The molecular weight excluding hydrogens is 278 g/mol. The van der Waals surface area contributed by atoms with E-state index in [9.17, 15) is 4.79 Å². The van der Waals surface area contributed by atoms with Crippen LogP contribution >= 0.6 is 11.6 Å². The molecule has 20 heavy (non-hydrogen) atoms. The fourth-order valence-electron chi connectivity index (χ4n) is 1.68. The Hall–Kier alpha value is -2.07. The van der Waals surface area contributed by atoms with Crippen LogP contribution in [0.4, 0.5) is 0 Å².